The van der Waals surface area contributed by atoms with Gasteiger partial charge in [-0.1, -0.05) is 0 Å². The third kappa shape index (κ3) is 2.57. The second-order valence-corrected chi connectivity index (χ2v) is 2.69. The third-order valence-electron chi connectivity index (χ3n) is 1.77. The highest BCUT2D eigenvalue weighted by Gasteiger charge is 2.31. The first-order chi connectivity index (χ1) is 4.61. The number of aliphatic hydroxyl groups is 2. The van der Waals surface area contributed by atoms with Crippen molar-refractivity contribution in [3.05, 3.63) is 0 Å². The lowest BCUT2D eigenvalue weighted by Crippen LogP contribution is -2.51. The molecule has 0 aliphatic carbocycles. The van der Waals surface area contributed by atoms with Crippen molar-refractivity contribution in [2.75, 3.05) is 0 Å². The van der Waals surface area contributed by atoms with E-state index in [0.717, 1.165) is 0 Å². The molecule has 4 atom stereocenters. The molecule has 11 heavy (non-hydrogen) atoms. The molecule has 0 saturated carbocycles. The molecule has 0 radical (unpaired) electrons. The number of aliphatic hydroxyl groups excluding tert-OH is 2. The Balaban J connectivity index is 0.000001000. The van der Waals surface area contributed by atoms with Crippen LogP contribution in [0.1, 0.15) is 13.3 Å². The highest BCUT2D eigenvalue weighted by molar-refractivity contribution is 5.85. The maximum absolute atomic E-state index is 9.20. The molecule has 0 aromatic rings. The predicted molar refractivity (Wildman–Crippen MR) is 42.4 cm³/mol. The van der Waals surface area contributed by atoms with Gasteiger partial charge >= 0.3 is 0 Å². The Morgan fingerprint density at radius 3 is 2.45 bits per heavy atom. The van der Waals surface area contributed by atoms with Crippen molar-refractivity contribution in [1.82, 2.24) is 0 Å². The molecule has 0 amide bonds. The van der Waals surface area contributed by atoms with Crippen LogP contribution in [0.2, 0.25) is 0 Å². The summed E-state index contributed by atoms with van der Waals surface area (Å²) in [6.07, 6.45) is -1.51. The van der Waals surface area contributed by atoms with Gasteiger partial charge in [0.05, 0.1) is 12.2 Å². The van der Waals surface area contributed by atoms with E-state index in [1.165, 1.54) is 0 Å². The van der Waals surface area contributed by atoms with Crippen LogP contribution in [0, 0.1) is 0 Å². The quantitative estimate of drug-likeness (QED) is 0.461. The van der Waals surface area contributed by atoms with Gasteiger partial charge in [-0.3, -0.25) is 0 Å². The SMILES string of the molecule is C[C@@H]1OC(O)C[C@H](N)[C@H]1O.Cl. The Hall–Kier alpha value is 0.130. The number of hydrogen-bond acceptors (Lipinski definition) is 4. The van der Waals surface area contributed by atoms with Crippen LogP contribution in [0.5, 0.6) is 0 Å². The summed E-state index contributed by atoms with van der Waals surface area (Å²) < 4.78 is 4.89. The van der Waals surface area contributed by atoms with Crippen molar-refractivity contribution in [3.63, 3.8) is 0 Å². The van der Waals surface area contributed by atoms with Crippen LogP contribution in [0.25, 0.3) is 0 Å². The smallest absolute Gasteiger partial charge is 0.156 e. The summed E-state index contributed by atoms with van der Waals surface area (Å²) in [5, 5.41) is 18.2. The van der Waals surface area contributed by atoms with Gasteiger partial charge in [0.15, 0.2) is 6.29 Å². The van der Waals surface area contributed by atoms with Crippen molar-refractivity contribution in [2.45, 2.75) is 37.9 Å². The highest BCUT2D eigenvalue weighted by atomic mass is 35.5. The number of nitrogens with two attached hydrogens (primary N) is 1. The lowest BCUT2D eigenvalue weighted by atomic mass is 10.0. The molecule has 1 fully saturated rings. The molecule has 68 valence electrons. The lowest BCUT2D eigenvalue weighted by molar-refractivity contribution is -0.198. The maximum atomic E-state index is 9.20. The van der Waals surface area contributed by atoms with Crippen molar-refractivity contribution < 1.29 is 14.9 Å². The molecule has 5 heteroatoms. The zero-order chi connectivity index (χ0) is 7.72. The Labute approximate surface area is 71.8 Å². The molecule has 0 spiro atoms. The second-order valence-electron chi connectivity index (χ2n) is 2.69. The van der Waals surface area contributed by atoms with E-state index < -0.39 is 12.4 Å². The Morgan fingerprint density at radius 2 is 2.00 bits per heavy atom. The lowest BCUT2D eigenvalue weighted by Gasteiger charge is -2.33. The molecule has 0 bridgehead atoms. The first-order valence-corrected chi connectivity index (χ1v) is 3.38. The summed E-state index contributed by atoms with van der Waals surface area (Å²) in [5.41, 5.74) is 5.47. The first kappa shape index (κ1) is 11.1. The maximum Gasteiger partial charge on any atom is 0.156 e. The van der Waals surface area contributed by atoms with Crippen LogP contribution in [-0.2, 0) is 4.74 Å². The fourth-order valence-electron chi connectivity index (χ4n) is 1.10. The normalized spacial score (nSPS) is 44.7. The topological polar surface area (TPSA) is 75.7 Å². The number of halogens is 1. The van der Waals surface area contributed by atoms with Crippen LogP contribution in [0.4, 0.5) is 0 Å². The Morgan fingerprint density at radius 1 is 1.45 bits per heavy atom. The van der Waals surface area contributed by atoms with E-state index in [2.05, 4.69) is 0 Å². The molecule has 1 rings (SSSR count). The largest absolute Gasteiger partial charge is 0.389 e. The van der Waals surface area contributed by atoms with Crippen molar-refractivity contribution >= 4 is 12.4 Å². The van der Waals surface area contributed by atoms with Crippen LogP contribution in [0.15, 0.2) is 0 Å². The van der Waals surface area contributed by atoms with Gasteiger partial charge < -0.3 is 20.7 Å². The molecule has 1 aliphatic rings. The monoisotopic (exact) mass is 183 g/mol. The average molecular weight is 184 g/mol. The van der Waals surface area contributed by atoms with Gasteiger partial charge in [0, 0.05) is 12.5 Å². The summed E-state index contributed by atoms with van der Waals surface area (Å²) in [4.78, 5) is 0. The summed E-state index contributed by atoms with van der Waals surface area (Å²) in [6.45, 7) is 1.69. The molecular formula is C6H14ClNO3. The minimum atomic E-state index is -0.812. The van der Waals surface area contributed by atoms with E-state index in [9.17, 15) is 5.11 Å². The molecule has 4 nitrogen and oxygen atoms in total. The van der Waals surface area contributed by atoms with E-state index in [1.807, 2.05) is 0 Å². The Bertz CT molecular complexity index is 112. The molecule has 4 N–H and O–H groups in total. The fraction of sp³-hybridized carbons (Fsp3) is 1.00. The second kappa shape index (κ2) is 4.23. The number of rotatable bonds is 0. The predicted octanol–water partition coefficient (Wildman–Crippen LogP) is -0.776. The zero-order valence-corrected chi connectivity index (χ0v) is 7.12. The van der Waals surface area contributed by atoms with Gasteiger partial charge in [0.25, 0.3) is 0 Å². The molecule has 1 saturated heterocycles. The average Bonchev–Trinajstić information content (AvgIpc) is 1.82. The zero-order valence-electron chi connectivity index (χ0n) is 6.30. The van der Waals surface area contributed by atoms with E-state index in [-0.39, 0.29) is 24.6 Å². The van der Waals surface area contributed by atoms with Crippen molar-refractivity contribution in [1.29, 1.82) is 0 Å². The molecular weight excluding hydrogens is 170 g/mol. The molecule has 1 aliphatic heterocycles. The van der Waals surface area contributed by atoms with Gasteiger partial charge in [-0.25, -0.2) is 0 Å². The molecule has 1 heterocycles. The number of ether oxygens (including phenoxy) is 1. The minimum Gasteiger partial charge on any atom is -0.389 e. The van der Waals surface area contributed by atoms with Gasteiger partial charge in [-0.05, 0) is 6.92 Å². The van der Waals surface area contributed by atoms with Gasteiger partial charge in [-0.15, -0.1) is 12.4 Å². The minimum absolute atomic E-state index is 0. The fourth-order valence-corrected chi connectivity index (χ4v) is 1.10. The van der Waals surface area contributed by atoms with Crippen LogP contribution in [-0.4, -0.2) is 34.8 Å². The first-order valence-electron chi connectivity index (χ1n) is 3.38. The number of hydrogen-bond donors (Lipinski definition) is 3. The van der Waals surface area contributed by atoms with E-state index in [1.54, 1.807) is 6.92 Å². The van der Waals surface area contributed by atoms with E-state index in [4.69, 9.17) is 15.6 Å². The van der Waals surface area contributed by atoms with Crippen molar-refractivity contribution in [3.8, 4) is 0 Å². The molecule has 1 unspecified atom stereocenters. The summed E-state index contributed by atoms with van der Waals surface area (Å²) >= 11 is 0. The van der Waals surface area contributed by atoms with Gasteiger partial charge in [0.1, 0.15) is 0 Å². The van der Waals surface area contributed by atoms with Crippen LogP contribution >= 0.6 is 12.4 Å². The third-order valence-corrected chi connectivity index (χ3v) is 1.77. The van der Waals surface area contributed by atoms with Crippen LogP contribution in [0.3, 0.4) is 0 Å². The van der Waals surface area contributed by atoms with E-state index >= 15 is 0 Å². The summed E-state index contributed by atoms with van der Waals surface area (Å²) in [5.74, 6) is 0. The standard InChI is InChI=1S/C6H13NO3.ClH/c1-3-6(9)4(7)2-5(8)10-3;/h3-6,8-9H,2,7H2,1H3;1H/t3-,4-,5?,6-;/m0./s1. The van der Waals surface area contributed by atoms with Crippen molar-refractivity contribution in [2.24, 2.45) is 5.73 Å². The van der Waals surface area contributed by atoms with Gasteiger partial charge in [0.2, 0.25) is 0 Å². The molecule has 0 aromatic heterocycles. The summed E-state index contributed by atoms with van der Waals surface area (Å²) in [6, 6.07) is -0.362. The van der Waals surface area contributed by atoms with Gasteiger partial charge in [-0.2, -0.15) is 0 Å². The molecule has 0 aromatic carbocycles. The summed E-state index contributed by atoms with van der Waals surface area (Å²) in [7, 11) is 0. The van der Waals surface area contributed by atoms with E-state index in [0.29, 0.717) is 6.42 Å². The Kier molecular flexibility index (Phi) is 4.28. The highest BCUT2D eigenvalue weighted by Crippen LogP contribution is 2.16. The van der Waals surface area contributed by atoms with Crippen LogP contribution < -0.4 is 5.73 Å².